The van der Waals surface area contributed by atoms with Gasteiger partial charge in [-0.25, -0.2) is 9.37 Å². The summed E-state index contributed by atoms with van der Waals surface area (Å²) in [6.45, 7) is 7.73. The fourth-order valence-corrected chi connectivity index (χ4v) is 2.40. The Morgan fingerprint density at radius 3 is 2.70 bits per heavy atom. The molecule has 110 valence electrons. The largest absolute Gasteiger partial charge is 0.396 e. The van der Waals surface area contributed by atoms with Gasteiger partial charge in [-0.1, -0.05) is 13.8 Å². The highest BCUT2D eigenvalue weighted by atomic mass is 19.1. The van der Waals surface area contributed by atoms with Crippen molar-refractivity contribution >= 4 is 11.0 Å². The summed E-state index contributed by atoms with van der Waals surface area (Å²) in [7, 11) is 0. The monoisotopic (exact) mass is 279 g/mol. The maximum atomic E-state index is 13.3. The van der Waals surface area contributed by atoms with Gasteiger partial charge in [0.05, 0.1) is 17.6 Å². The molecule has 2 aromatic rings. The molecular weight excluding hydrogens is 257 g/mol. The fourth-order valence-electron chi connectivity index (χ4n) is 2.40. The molecule has 0 aliphatic heterocycles. The van der Waals surface area contributed by atoms with Crippen LogP contribution >= 0.6 is 0 Å². The summed E-state index contributed by atoms with van der Waals surface area (Å²) in [4.78, 5) is 6.83. The first kappa shape index (κ1) is 14.9. The van der Waals surface area contributed by atoms with E-state index < -0.39 is 0 Å². The molecule has 0 fully saturated rings. The number of fused-ring (bicyclic) bond motifs is 1. The van der Waals surface area contributed by atoms with Crippen molar-refractivity contribution < 1.29 is 9.50 Å². The first-order valence-corrected chi connectivity index (χ1v) is 7.17. The van der Waals surface area contributed by atoms with Gasteiger partial charge in [-0.2, -0.15) is 0 Å². The van der Waals surface area contributed by atoms with Crippen molar-refractivity contribution in [3.63, 3.8) is 0 Å². The molecule has 0 saturated heterocycles. The van der Waals surface area contributed by atoms with Crippen molar-refractivity contribution in [3.8, 4) is 0 Å². The minimum Gasteiger partial charge on any atom is -0.396 e. The maximum Gasteiger partial charge on any atom is 0.125 e. The molecule has 0 amide bonds. The summed E-state index contributed by atoms with van der Waals surface area (Å²) < 4.78 is 15.4. The van der Waals surface area contributed by atoms with E-state index in [1.807, 2.05) is 0 Å². The van der Waals surface area contributed by atoms with E-state index in [2.05, 4.69) is 28.3 Å². The average molecular weight is 279 g/mol. The molecule has 0 radical (unpaired) electrons. The van der Waals surface area contributed by atoms with Crippen molar-refractivity contribution in [1.29, 1.82) is 0 Å². The minimum absolute atomic E-state index is 0.144. The fraction of sp³-hybridized carbons (Fsp3) is 0.533. The molecule has 20 heavy (non-hydrogen) atoms. The second-order valence-electron chi connectivity index (χ2n) is 4.85. The van der Waals surface area contributed by atoms with E-state index in [0.717, 1.165) is 31.0 Å². The van der Waals surface area contributed by atoms with E-state index in [4.69, 9.17) is 5.11 Å². The van der Waals surface area contributed by atoms with Gasteiger partial charge in [0.2, 0.25) is 0 Å². The summed E-state index contributed by atoms with van der Waals surface area (Å²) in [6.07, 6.45) is 0.675. The number of aliphatic hydroxyl groups excluding tert-OH is 1. The highest BCUT2D eigenvalue weighted by molar-refractivity contribution is 5.76. The summed E-state index contributed by atoms with van der Waals surface area (Å²) in [5.74, 6) is 0.668. The number of benzene rings is 1. The van der Waals surface area contributed by atoms with Crippen molar-refractivity contribution in [2.75, 3.05) is 19.7 Å². The van der Waals surface area contributed by atoms with Crippen LogP contribution in [0.3, 0.4) is 0 Å². The second kappa shape index (κ2) is 6.81. The quantitative estimate of drug-likeness (QED) is 0.846. The van der Waals surface area contributed by atoms with Gasteiger partial charge in [0, 0.05) is 19.2 Å². The summed E-state index contributed by atoms with van der Waals surface area (Å²) in [5.41, 5.74) is 1.62. The zero-order valence-electron chi connectivity index (χ0n) is 12.1. The molecule has 0 saturated carbocycles. The summed E-state index contributed by atoms with van der Waals surface area (Å²) in [6, 6.07) is 4.69. The molecule has 1 heterocycles. The van der Waals surface area contributed by atoms with Crippen LogP contribution in [0.4, 0.5) is 4.39 Å². The van der Waals surface area contributed by atoms with Crippen LogP contribution in [0, 0.1) is 5.82 Å². The molecule has 2 rings (SSSR count). The van der Waals surface area contributed by atoms with Gasteiger partial charge in [0.15, 0.2) is 0 Å². The van der Waals surface area contributed by atoms with Crippen LogP contribution < -0.4 is 0 Å². The third-order valence-electron chi connectivity index (χ3n) is 3.59. The molecule has 0 atom stereocenters. The Bertz CT molecular complexity index is 563. The number of hydrogen-bond acceptors (Lipinski definition) is 3. The predicted molar refractivity (Wildman–Crippen MR) is 78.0 cm³/mol. The third-order valence-corrected chi connectivity index (χ3v) is 3.59. The van der Waals surface area contributed by atoms with Crippen molar-refractivity contribution in [1.82, 2.24) is 14.5 Å². The van der Waals surface area contributed by atoms with Gasteiger partial charge in [0.1, 0.15) is 11.6 Å². The SMILES string of the molecule is CCN(CC)Cc1nc2cc(F)ccc2n1CCCO. The number of imidazole rings is 1. The summed E-state index contributed by atoms with van der Waals surface area (Å²) in [5, 5.41) is 9.04. The van der Waals surface area contributed by atoms with Gasteiger partial charge >= 0.3 is 0 Å². The lowest BCUT2D eigenvalue weighted by molar-refractivity contribution is 0.269. The third kappa shape index (κ3) is 3.16. The molecule has 5 heteroatoms. The molecule has 0 aliphatic rings. The lowest BCUT2D eigenvalue weighted by Gasteiger charge is -2.18. The van der Waals surface area contributed by atoms with Crippen LogP contribution in [0.2, 0.25) is 0 Å². The molecule has 1 N–H and O–H groups in total. The zero-order chi connectivity index (χ0) is 14.5. The van der Waals surface area contributed by atoms with E-state index in [1.54, 1.807) is 6.07 Å². The Kier molecular flexibility index (Phi) is 5.09. The Hall–Kier alpha value is -1.46. The first-order valence-electron chi connectivity index (χ1n) is 7.17. The predicted octanol–water partition coefficient (Wildman–Crippen LogP) is 2.40. The molecule has 4 nitrogen and oxygen atoms in total. The van der Waals surface area contributed by atoms with E-state index in [1.165, 1.54) is 12.1 Å². The smallest absolute Gasteiger partial charge is 0.125 e. The van der Waals surface area contributed by atoms with Gasteiger partial charge in [-0.15, -0.1) is 0 Å². The van der Waals surface area contributed by atoms with Crippen LogP contribution in [0.15, 0.2) is 18.2 Å². The lowest BCUT2D eigenvalue weighted by Crippen LogP contribution is -2.24. The first-order chi connectivity index (χ1) is 9.69. The highest BCUT2D eigenvalue weighted by Gasteiger charge is 2.13. The number of rotatable bonds is 7. The Morgan fingerprint density at radius 1 is 1.30 bits per heavy atom. The Labute approximate surface area is 118 Å². The molecule has 1 aromatic heterocycles. The number of aryl methyl sites for hydroxylation is 1. The van der Waals surface area contributed by atoms with Crippen molar-refractivity contribution in [2.24, 2.45) is 0 Å². The van der Waals surface area contributed by atoms with Gasteiger partial charge < -0.3 is 9.67 Å². The van der Waals surface area contributed by atoms with E-state index in [9.17, 15) is 4.39 Å². The number of aromatic nitrogens is 2. The lowest BCUT2D eigenvalue weighted by atomic mass is 10.3. The van der Waals surface area contributed by atoms with Crippen LogP contribution in [-0.2, 0) is 13.1 Å². The maximum absolute atomic E-state index is 13.3. The normalized spacial score (nSPS) is 11.7. The molecule has 1 aromatic carbocycles. The molecule has 0 unspecified atom stereocenters. The average Bonchev–Trinajstić information content (AvgIpc) is 2.78. The van der Waals surface area contributed by atoms with Crippen LogP contribution in [0.25, 0.3) is 11.0 Å². The van der Waals surface area contributed by atoms with Crippen LogP contribution in [0.5, 0.6) is 0 Å². The topological polar surface area (TPSA) is 41.3 Å². The number of aliphatic hydroxyl groups is 1. The van der Waals surface area contributed by atoms with Gasteiger partial charge in [-0.05, 0) is 31.6 Å². The number of halogens is 1. The van der Waals surface area contributed by atoms with Crippen molar-refractivity contribution in [2.45, 2.75) is 33.4 Å². The Balaban J connectivity index is 2.39. The van der Waals surface area contributed by atoms with E-state index in [0.29, 0.717) is 18.5 Å². The number of hydrogen-bond donors (Lipinski definition) is 1. The van der Waals surface area contributed by atoms with Gasteiger partial charge in [-0.3, -0.25) is 4.90 Å². The van der Waals surface area contributed by atoms with Crippen molar-refractivity contribution in [3.05, 3.63) is 29.8 Å². The van der Waals surface area contributed by atoms with E-state index in [-0.39, 0.29) is 12.4 Å². The number of nitrogens with zero attached hydrogens (tertiary/aromatic N) is 3. The molecule has 0 bridgehead atoms. The van der Waals surface area contributed by atoms with Gasteiger partial charge in [0.25, 0.3) is 0 Å². The summed E-state index contributed by atoms with van der Waals surface area (Å²) >= 11 is 0. The highest BCUT2D eigenvalue weighted by Crippen LogP contribution is 2.19. The van der Waals surface area contributed by atoms with Crippen LogP contribution in [0.1, 0.15) is 26.1 Å². The minimum atomic E-state index is -0.265. The standard InChI is InChI=1S/C15H22FN3O/c1-3-18(4-2)11-15-17-13-10-12(16)6-7-14(13)19(15)8-5-9-20/h6-7,10,20H,3-5,8-9,11H2,1-2H3. The molecule has 0 aliphatic carbocycles. The second-order valence-corrected chi connectivity index (χ2v) is 4.85. The van der Waals surface area contributed by atoms with E-state index >= 15 is 0 Å². The van der Waals surface area contributed by atoms with Crippen LogP contribution in [-0.4, -0.2) is 39.3 Å². The zero-order valence-corrected chi connectivity index (χ0v) is 12.1. The Morgan fingerprint density at radius 2 is 2.05 bits per heavy atom. The molecule has 0 spiro atoms. The molecular formula is C15H22FN3O.